The van der Waals surface area contributed by atoms with Gasteiger partial charge in [0, 0.05) is 44.0 Å². The third kappa shape index (κ3) is 4.95. The van der Waals surface area contributed by atoms with E-state index in [2.05, 4.69) is 192 Å². The number of hydrogen-bond donors (Lipinski definition) is 0. The lowest BCUT2D eigenvalue weighted by atomic mass is 9.95. The van der Waals surface area contributed by atoms with Gasteiger partial charge in [0.1, 0.15) is 11.2 Å². The van der Waals surface area contributed by atoms with Crippen molar-refractivity contribution < 1.29 is 8.83 Å². The predicted octanol–water partition coefficient (Wildman–Crippen LogP) is 15.9. The fourth-order valence-corrected chi connectivity index (χ4v) is 9.03. The summed E-state index contributed by atoms with van der Waals surface area (Å²) in [6.45, 7) is 0. The van der Waals surface area contributed by atoms with Crippen molar-refractivity contribution in [2.75, 3.05) is 9.80 Å². The van der Waals surface area contributed by atoms with E-state index in [0.717, 1.165) is 83.4 Å². The molecule has 0 atom stereocenters. The third-order valence-corrected chi connectivity index (χ3v) is 11.6. The van der Waals surface area contributed by atoms with Crippen LogP contribution in [0.2, 0.25) is 0 Å². The molecule has 0 bridgehead atoms. The fraction of sp³-hybridized carbons (Fsp3) is 0. The molecule has 58 heavy (non-hydrogen) atoms. The Morgan fingerprint density at radius 3 is 1.45 bits per heavy atom. The zero-order chi connectivity index (χ0) is 38.2. The molecule has 0 fully saturated rings. The topological polar surface area (TPSA) is 32.8 Å². The van der Waals surface area contributed by atoms with Gasteiger partial charge in [-0.3, -0.25) is 0 Å². The van der Waals surface area contributed by atoms with E-state index in [-0.39, 0.29) is 0 Å². The number of rotatable bonds is 6. The summed E-state index contributed by atoms with van der Waals surface area (Å²) in [5.74, 6) is 0. The van der Waals surface area contributed by atoms with E-state index in [1.54, 1.807) is 0 Å². The number of hydrogen-bond acceptors (Lipinski definition) is 4. The van der Waals surface area contributed by atoms with E-state index in [9.17, 15) is 0 Å². The maximum absolute atomic E-state index is 6.65. The highest BCUT2D eigenvalue weighted by atomic mass is 16.3. The maximum Gasteiger partial charge on any atom is 0.159 e. The van der Waals surface area contributed by atoms with Crippen LogP contribution in [0.5, 0.6) is 0 Å². The van der Waals surface area contributed by atoms with Crippen molar-refractivity contribution in [2.24, 2.45) is 0 Å². The molecular weight excluding hydrogens is 709 g/mol. The zero-order valence-electron chi connectivity index (χ0n) is 31.3. The van der Waals surface area contributed by atoms with Gasteiger partial charge in [0.25, 0.3) is 0 Å². The standard InChI is InChI=1S/C54H34N2O2/c1-3-15-37(16-4-1)55(48-24-12-21-45-42-19-7-9-26-50(42)57-53(45)48)39-30-33-40-36(34-39)29-32-44-41(40)31-28-35-14-11-23-47(52(35)44)56(38-17-5-2-6-18-38)49-25-13-22-46-43-20-8-10-27-51(43)58-54(46)49/h1-34H. The van der Waals surface area contributed by atoms with Crippen LogP contribution in [-0.4, -0.2) is 0 Å². The van der Waals surface area contributed by atoms with Crippen molar-refractivity contribution in [3.8, 4) is 0 Å². The predicted molar refractivity (Wildman–Crippen MR) is 243 cm³/mol. The number of furan rings is 2. The Hall–Kier alpha value is -7.82. The van der Waals surface area contributed by atoms with Crippen molar-refractivity contribution in [3.05, 3.63) is 206 Å². The van der Waals surface area contributed by atoms with Crippen LogP contribution in [0.15, 0.2) is 215 Å². The molecule has 0 aliphatic carbocycles. The highest BCUT2D eigenvalue weighted by molar-refractivity contribution is 6.22. The lowest BCUT2D eigenvalue weighted by molar-refractivity contribution is 0.668. The number of fused-ring (bicyclic) bond motifs is 11. The van der Waals surface area contributed by atoms with Crippen LogP contribution < -0.4 is 9.80 Å². The van der Waals surface area contributed by atoms with Crippen LogP contribution in [-0.2, 0) is 0 Å². The van der Waals surface area contributed by atoms with Gasteiger partial charge in [0.2, 0.25) is 0 Å². The van der Waals surface area contributed by atoms with Crippen molar-refractivity contribution in [2.45, 2.75) is 0 Å². The second-order valence-corrected chi connectivity index (χ2v) is 14.9. The van der Waals surface area contributed by atoms with Crippen LogP contribution in [0, 0.1) is 0 Å². The molecule has 4 heteroatoms. The molecule has 0 aliphatic heterocycles. The Morgan fingerprint density at radius 1 is 0.276 bits per heavy atom. The summed E-state index contributed by atoms with van der Waals surface area (Å²) in [4.78, 5) is 4.67. The zero-order valence-corrected chi connectivity index (χ0v) is 31.3. The van der Waals surface area contributed by atoms with E-state index in [1.165, 1.54) is 26.9 Å². The van der Waals surface area contributed by atoms with E-state index < -0.39 is 0 Å². The minimum Gasteiger partial charge on any atom is -0.454 e. The van der Waals surface area contributed by atoms with Crippen LogP contribution in [0.4, 0.5) is 34.1 Å². The molecule has 0 spiro atoms. The van der Waals surface area contributed by atoms with Crippen molar-refractivity contribution in [1.29, 1.82) is 0 Å². The molecule has 0 saturated heterocycles. The number of anilines is 6. The van der Waals surface area contributed by atoms with Crippen molar-refractivity contribution in [3.63, 3.8) is 0 Å². The average Bonchev–Trinajstić information content (AvgIpc) is 3.87. The number of nitrogens with zero attached hydrogens (tertiary/aromatic N) is 2. The average molecular weight is 743 g/mol. The second kappa shape index (κ2) is 12.9. The minimum absolute atomic E-state index is 0.865. The first-order valence-corrected chi connectivity index (χ1v) is 19.7. The number of benzene rings is 10. The molecule has 4 nitrogen and oxygen atoms in total. The van der Waals surface area contributed by atoms with Crippen LogP contribution in [0.3, 0.4) is 0 Å². The van der Waals surface area contributed by atoms with Crippen molar-refractivity contribution >= 4 is 110 Å². The molecule has 0 unspecified atom stereocenters. The Bertz CT molecular complexity index is 3530. The normalized spacial score (nSPS) is 11.8. The maximum atomic E-state index is 6.65. The van der Waals surface area contributed by atoms with Crippen LogP contribution >= 0.6 is 0 Å². The molecule has 0 N–H and O–H groups in total. The molecular formula is C54H34N2O2. The highest BCUT2D eigenvalue weighted by Gasteiger charge is 2.23. The molecule has 0 saturated carbocycles. The molecule has 12 rings (SSSR count). The largest absolute Gasteiger partial charge is 0.454 e. The highest BCUT2D eigenvalue weighted by Crippen LogP contribution is 2.47. The summed E-state index contributed by atoms with van der Waals surface area (Å²) in [5.41, 5.74) is 9.76. The summed E-state index contributed by atoms with van der Waals surface area (Å²) in [6, 6.07) is 73.2. The first-order chi connectivity index (χ1) is 28.8. The van der Waals surface area contributed by atoms with Gasteiger partial charge < -0.3 is 18.6 Å². The molecule has 2 aromatic heterocycles. The van der Waals surface area contributed by atoms with E-state index >= 15 is 0 Å². The van der Waals surface area contributed by atoms with Gasteiger partial charge in [-0.15, -0.1) is 0 Å². The lowest BCUT2D eigenvalue weighted by Gasteiger charge is -2.27. The van der Waals surface area contributed by atoms with Crippen LogP contribution in [0.25, 0.3) is 76.2 Å². The summed E-state index contributed by atoms with van der Waals surface area (Å²) in [5, 5.41) is 11.5. The van der Waals surface area contributed by atoms with Gasteiger partial charge in [-0.05, 0) is 93.7 Å². The Balaban J connectivity index is 1.07. The van der Waals surface area contributed by atoms with Gasteiger partial charge in [-0.1, -0.05) is 140 Å². The smallest absolute Gasteiger partial charge is 0.159 e. The Kier molecular flexibility index (Phi) is 7.20. The van der Waals surface area contributed by atoms with E-state index in [0.29, 0.717) is 0 Å². The first-order valence-electron chi connectivity index (χ1n) is 19.7. The van der Waals surface area contributed by atoms with Gasteiger partial charge in [-0.2, -0.15) is 0 Å². The van der Waals surface area contributed by atoms with E-state index in [4.69, 9.17) is 8.83 Å². The lowest BCUT2D eigenvalue weighted by Crippen LogP contribution is -2.11. The molecule has 12 aromatic rings. The quantitative estimate of drug-likeness (QED) is 0.159. The monoisotopic (exact) mass is 742 g/mol. The van der Waals surface area contributed by atoms with Gasteiger partial charge >= 0.3 is 0 Å². The molecule has 2 heterocycles. The molecule has 10 aromatic carbocycles. The van der Waals surface area contributed by atoms with Gasteiger partial charge in [0.05, 0.1) is 17.1 Å². The number of para-hydroxylation sites is 6. The van der Waals surface area contributed by atoms with Crippen LogP contribution in [0.1, 0.15) is 0 Å². The summed E-state index contributed by atoms with van der Waals surface area (Å²) in [7, 11) is 0. The Morgan fingerprint density at radius 2 is 0.776 bits per heavy atom. The van der Waals surface area contributed by atoms with Gasteiger partial charge in [-0.25, -0.2) is 0 Å². The summed E-state index contributed by atoms with van der Waals surface area (Å²) >= 11 is 0. The molecule has 0 radical (unpaired) electrons. The first kappa shape index (κ1) is 32.4. The van der Waals surface area contributed by atoms with E-state index in [1.807, 2.05) is 24.3 Å². The van der Waals surface area contributed by atoms with Crippen molar-refractivity contribution in [1.82, 2.24) is 0 Å². The molecule has 272 valence electrons. The molecule has 0 amide bonds. The molecule has 0 aliphatic rings. The fourth-order valence-electron chi connectivity index (χ4n) is 9.03. The van der Waals surface area contributed by atoms with Gasteiger partial charge in [0.15, 0.2) is 11.2 Å². The summed E-state index contributed by atoms with van der Waals surface area (Å²) in [6.07, 6.45) is 0. The Labute approximate surface area is 334 Å². The second-order valence-electron chi connectivity index (χ2n) is 14.9. The SMILES string of the molecule is c1ccc(N(c2ccc3c(ccc4c3ccc3cccc(N(c5ccccc5)c5cccc6c5oc5ccccc56)c34)c2)c2cccc3c2oc2ccccc23)cc1. The summed E-state index contributed by atoms with van der Waals surface area (Å²) < 4.78 is 13.2. The minimum atomic E-state index is 0.865. The third-order valence-electron chi connectivity index (χ3n) is 11.6.